The van der Waals surface area contributed by atoms with Gasteiger partial charge in [0.25, 0.3) is 5.69 Å². The Morgan fingerprint density at radius 1 is 1.00 bits per heavy atom. The molecule has 2 aromatic rings. The van der Waals surface area contributed by atoms with Gasteiger partial charge in [-0.25, -0.2) is 4.98 Å². The summed E-state index contributed by atoms with van der Waals surface area (Å²) in [6.07, 6.45) is 6.02. The van der Waals surface area contributed by atoms with E-state index in [9.17, 15) is 19.7 Å². The van der Waals surface area contributed by atoms with E-state index in [1.165, 1.54) is 12.1 Å². The van der Waals surface area contributed by atoms with Crippen molar-refractivity contribution in [3.8, 4) is 0 Å². The third kappa shape index (κ3) is 4.43. The predicted molar refractivity (Wildman–Crippen MR) is 113 cm³/mol. The van der Waals surface area contributed by atoms with Gasteiger partial charge in [-0.2, -0.15) is 0 Å². The number of nitrogens with zero attached hydrogens (tertiary/aromatic N) is 4. The second-order valence-corrected chi connectivity index (χ2v) is 8.86. The van der Waals surface area contributed by atoms with E-state index in [2.05, 4.69) is 9.97 Å². The van der Waals surface area contributed by atoms with E-state index in [-0.39, 0.29) is 17.5 Å². The molecule has 0 spiro atoms. The number of fused-ring (bicyclic) bond motifs is 1. The second-order valence-electron chi connectivity index (χ2n) is 7.77. The Bertz CT molecular complexity index is 920. The van der Waals surface area contributed by atoms with Gasteiger partial charge < -0.3 is 14.8 Å². The van der Waals surface area contributed by atoms with Crippen molar-refractivity contribution in [1.82, 2.24) is 19.8 Å². The molecule has 0 unspecified atom stereocenters. The summed E-state index contributed by atoms with van der Waals surface area (Å²) in [5.41, 5.74) is 1.05. The first-order valence-corrected chi connectivity index (χ1v) is 11.3. The van der Waals surface area contributed by atoms with Gasteiger partial charge in [-0.1, -0.05) is 11.8 Å². The summed E-state index contributed by atoms with van der Waals surface area (Å²) in [6.45, 7) is 2.70. The summed E-state index contributed by atoms with van der Waals surface area (Å²) in [5, 5.41) is 10.6. The number of nitro benzene ring substituents is 1. The number of non-ortho nitro benzene ring substituents is 1. The molecule has 160 valence electrons. The Hall–Kier alpha value is -2.62. The Morgan fingerprint density at radius 2 is 1.57 bits per heavy atom. The average Bonchev–Trinajstić information content (AvgIpc) is 3.19. The molecule has 3 heterocycles. The Morgan fingerprint density at radius 3 is 2.10 bits per heavy atom. The van der Waals surface area contributed by atoms with Crippen molar-refractivity contribution >= 4 is 40.3 Å². The van der Waals surface area contributed by atoms with Crippen molar-refractivity contribution in [3.05, 3.63) is 28.3 Å². The lowest BCUT2D eigenvalue weighted by molar-refractivity contribution is -0.384. The lowest BCUT2D eigenvalue weighted by atomic mass is 10.1. The number of aromatic nitrogens is 2. The topological polar surface area (TPSA) is 112 Å². The summed E-state index contributed by atoms with van der Waals surface area (Å²) in [5.74, 6) is -0.330. The first kappa shape index (κ1) is 20.6. The molecule has 0 atom stereocenters. The number of hydrogen-bond donors (Lipinski definition) is 1. The predicted octanol–water partition coefficient (Wildman–Crippen LogP) is 2.96. The lowest BCUT2D eigenvalue weighted by Gasteiger charge is -2.33. The Kier molecular flexibility index (Phi) is 6.21. The first-order chi connectivity index (χ1) is 14.5. The number of aromatic amines is 1. The Balaban J connectivity index is 1.59. The van der Waals surface area contributed by atoms with Gasteiger partial charge in [0, 0.05) is 38.3 Å². The largest absolute Gasteiger partial charge is 0.341 e. The molecule has 2 fully saturated rings. The third-order valence-corrected chi connectivity index (χ3v) is 6.72. The van der Waals surface area contributed by atoms with Gasteiger partial charge in [-0.3, -0.25) is 19.7 Å². The number of carbonyl (C=O) groups excluding carboxylic acids is 2. The molecule has 0 bridgehead atoms. The van der Waals surface area contributed by atoms with Crippen LogP contribution in [0, 0.1) is 10.1 Å². The van der Waals surface area contributed by atoms with Crippen LogP contribution in [0.2, 0.25) is 0 Å². The number of amides is 2. The monoisotopic (exact) mass is 431 g/mol. The molecule has 2 aliphatic heterocycles. The third-order valence-electron chi connectivity index (χ3n) is 5.67. The van der Waals surface area contributed by atoms with E-state index in [1.54, 1.807) is 15.9 Å². The number of piperidine rings is 2. The van der Waals surface area contributed by atoms with Crippen LogP contribution in [0.25, 0.3) is 11.0 Å². The zero-order valence-corrected chi connectivity index (χ0v) is 17.5. The summed E-state index contributed by atoms with van der Waals surface area (Å²) >= 11 is 1.11. The number of likely N-dealkylation sites (tertiary alicyclic amines) is 2. The first-order valence-electron chi connectivity index (χ1n) is 10.4. The molecule has 1 aromatic heterocycles. The molecule has 10 heteroatoms. The lowest BCUT2D eigenvalue weighted by Crippen LogP contribution is -2.49. The van der Waals surface area contributed by atoms with Gasteiger partial charge in [0.2, 0.25) is 11.8 Å². The van der Waals surface area contributed by atoms with Gasteiger partial charge in [-0.15, -0.1) is 0 Å². The summed E-state index contributed by atoms with van der Waals surface area (Å²) in [4.78, 5) is 48.2. The van der Waals surface area contributed by atoms with Crippen LogP contribution in [0.5, 0.6) is 0 Å². The molecular formula is C20H25N5O4S. The minimum absolute atomic E-state index is 0.0342. The minimum Gasteiger partial charge on any atom is -0.341 e. The summed E-state index contributed by atoms with van der Waals surface area (Å²) in [6, 6.07) is 4.38. The number of benzene rings is 1. The van der Waals surface area contributed by atoms with Crippen molar-refractivity contribution in [1.29, 1.82) is 0 Å². The van der Waals surface area contributed by atoms with Crippen LogP contribution >= 0.6 is 11.8 Å². The van der Waals surface area contributed by atoms with Gasteiger partial charge in [0.1, 0.15) is 0 Å². The number of nitrogens with one attached hydrogen (secondary N) is 1. The van der Waals surface area contributed by atoms with Gasteiger partial charge in [0.15, 0.2) is 10.4 Å². The Labute approximate surface area is 178 Å². The average molecular weight is 432 g/mol. The van der Waals surface area contributed by atoms with Crippen LogP contribution in [0.4, 0.5) is 5.69 Å². The van der Waals surface area contributed by atoms with E-state index >= 15 is 0 Å². The number of carbonyl (C=O) groups is 2. The molecule has 2 saturated heterocycles. The molecule has 4 rings (SSSR count). The van der Waals surface area contributed by atoms with E-state index in [4.69, 9.17) is 0 Å². The van der Waals surface area contributed by atoms with Crippen LogP contribution in [0.15, 0.2) is 23.4 Å². The number of rotatable bonds is 5. The van der Waals surface area contributed by atoms with Gasteiger partial charge in [-0.05, 0) is 44.6 Å². The maximum absolute atomic E-state index is 13.3. The molecule has 0 aliphatic carbocycles. The number of H-pyrrole nitrogens is 1. The second kappa shape index (κ2) is 9.03. The fourth-order valence-electron chi connectivity index (χ4n) is 4.02. The van der Waals surface area contributed by atoms with Gasteiger partial charge in [0.05, 0.1) is 16.0 Å². The molecule has 0 saturated carbocycles. The van der Waals surface area contributed by atoms with Crippen molar-refractivity contribution < 1.29 is 14.5 Å². The SMILES string of the molecule is O=C(C(Sc1nc2ccc([N+](=O)[O-])cc2[nH]1)C(=O)N1CCCCC1)N1CCCCC1. The normalized spacial score (nSPS) is 17.5. The fourth-order valence-corrected chi connectivity index (χ4v) is 5.06. The zero-order chi connectivity index (χ0) is 21.1. The van der Waals surface area contributed by atoms with Crippen molar-refractivity contribution in [2.45, 2.75) is 48.9 Å². The number of hydrogen-bond acceptors (Lipinski definition) is 6. The molecule has 2 aliphatic rings. The smallest absolute Gasteiger partial charge is 0.271 e. The van der Waals surface area contributed by atoms with E-state index in [0.717, 1.165) is 50.3 Å². The highest BCUT2D eigenvalue weighted by Crippen LogP contribution is 2.29. The zero-order valence-electron chi connectivity index (χ0n) is 16.7. The van der Waals surface area contributed by atoms with Crippen molar-refractivity contribution in [3.63, 3.8) is 0 Å². The quantitative estimate of drug-likeness (QED) is 0.337. The van der Waals surface area contributed by atoms with Gasteiger partial charge >= 0.3 is 0 Å². The minimum atomic E-state index is -0.892. The molecule has 1 aromatic carbocycles. The molecule has 9 nitrogen and oxygen atoms in total. The van der Waals surface area contributed by atoms with E-state index < -0.39 is 10.2 Å². The fraction of sp³-hybridized carbons (Fsp3) is 0.550. The highest BCUT2D eigenvalue weighted by molar-refractivity contribution is 8.01. The maximum Gasteiger partial charge on any atom is 0.271 e. The number of thioether (sulfide) groups is 1. The highest BCUT2D eigenvalue weighted by Gasteiger charge is 2.36. The standard InChI is InChI=1S/C20H25N5O4S/c26-18(23-9-3-1-4-10-23)17(19(27)24-11-5-2-6-12-24)30-20-21-15-8-7-14(25(28)29)13-16(15)22-20/h7-8,13,17H,1-6,9-12H2,(H,21,22). The highest BCUT2D eigenvalue weighted by atomic mass is 32.2. The van der Waals surface area contributed by atoms with Crippen LogP contribution in [-0.2, 0) is 9.59 Å². The van der Waals surface area contributed by atoms with E-state index in [0.29, 0.717) is 42.4 Å². The van der Waals surface area contributed by atoms with Crippen LogP contribution in [0.1, 0.15) is 38.5 Å². The van der Waals surface area contributed by atoms with Crippen molar-refractivity contribution in [2.75, 3.05) is 26.2 Å². The van der Waals surface area contributed by atoms with Crippen LogP contribution in [-0.4, -0.2) is 67.9 Å². The molecule has 0 radical (unpaired) electrons. The molecular weight excluding hydrogens is 406 g/mol. The van der Waals surface area contributed by atoms with Crippen LogP contribution in [0.3, 0.4) is 0 Å². The molecule has 30 heavy (non-hydrogen) atoms. The summed E-state index contributed by atoms with van der Waals surface area (Å²) in [7, 11) is 0. The molecule has 2 amide bonds. The number of nitro groups is 1. The summed E-state index contributed by atoms with van der Waals surface area (Å²) < 4.78 is 0. The van der Waals surface area contributed by atoms with Crippen LogP contribution < -0.4 is 0 Å². The molecule has 1 N–H and O–H groups in total. The maximum atomic E-state index is 13.3. The van der Waals surface area contributed by atoms with Crippen molar-refractivity contribution in [2.24, 2.45) is 0 Å². The number of imidazole rings is 1. The van der Waals surface area contributed by atoms with E-state index in [1.807, 2.05) is 0 Å².